The average Bonchev–Trinajstić information content (AvgIpc) is 3.41. The van der Waals surface area contributed by atoms with Crippen molar-refractivity contribution in [3.63, 3.8) is 0 Å². The summed E-state index contributed by atoms with van der Waals surface area (Å²) in [6.45, 7) is 19.1. The second-order valence-corrected chi connectivity index (χ2v) is 15.6. The SMILES string of the molecule is C=C1CO[C@]2(C)[C@@H](CC)OC(=O)C(C)C(=O)[C@H](C)[C@@H](O[C@@H]3O[C@H](C)C[C@H](N(C)C)[C@H]3O)[C@](C)(OC/C=C\c3cccnc3)C[C@@H](C)C(=O)C(C)[C@H]12. The lowest BCUT2D eigenvalue weighted by Crippen LogP contribution is -2.59. The number of carbonyl (C=O) groups excluding carboxylic acids is 3. The minimum atomic E-state index is -1.27. The van der Waals surface area contributed by atoms with Gasteiger partial charge in [0.2, 0.25) is 0 Å². The molecule has 4 heterocycles. The van der Waals surface area contributed by atoms with Crippen molar-refractivity contribution in [2.45, 2.75) is 123 Å². The fourth-order valence-electron chi connectivity index (χ4n) is 8.55. The molecule has 0 radical (unpaired) electrons. The quantitative estimate of drug-likeness (QED) is 0.221. The lowest BCUT2D eigenvalue weighted by molar-refractivity contribution is -0.296. The van der Waals surface area contributed by atoms with Crippen molar-refractivity contribution in [2.24, 2.45) is 29.6 Å². The molecule has 2 unspecified atom stereocenters. The molecule has 4 rings (SSSR count). The van der Waals surface area contributed by atoms with Gasteiger partial charge in [-0.2, -0.15) is 0 Å². The third-order valence-corrected chi connectivity index (χ3v) is 11.4. The van der Waals surface area contributed by atoms with Gasteiger partial charge >= 0.3 is 5.97 Å². The maximum absolute atomic E-state index is 14.5. The van der Waals surface area contributed by atoms with Gasteiger partial charge < -0.3 is 33.7 Å². The Morgan fingerprint density at radius 3 is 2.43 bits per heavy atom. The Morgan fingerprint density at radius 1 is 1.10 bits per heavy atom. The molecular weight excluding hydrogens is 652 g/mol. The molecule has 0 aromatic carbocycles. The summed E-state index contributed by atoms with van der Waals surface area (Å²) in [4.78, 5) is 48.7. The summed E-state index contributed by atoms with van der Waals surface area (Å²) >= 11 is 0. The second-order valence-electron chi connectivity index (χ2n) is 15.6. The molecule has 3 aliphatic rings. The number of cyclic esters (lactones) is 1. The molecule has 0 bridgehead atoms. The van der Waals surface area contributed by atoms with Crippen LogP contribution in [0.2, 0.25) is 0 Å². The number of ether oxygens (including phenoxy) is 5. The smallest absolute Gasteiger partial charge is 0.316 e. The van der Waals surface area contributed by atoms with Crippen molar-refractivity contribution in [2.75, 3.05) is 27.3 Å². The molecule has 1 N–H and O–H groups in total. The number of likely N-dealkylation sites (N-methyl/N-ethyl adjacent to an activating group) is 1. The Labute approximate surface area is 304 Å². The molecule has 0 spiro atoms. The van der Waals surface area contributed by atoms with E-state index in [0.717, 1.165) is 11.1 Å². The fourth-order valence-corrected chi connectivity index (χ4v) is 8.55. The van der Waals surface area contributed by atoms with Crippen LogP contribution in [0.15, 0.2) is 42.8 Å². The zero-order valence-electron chi connectivity index (χ0n) is 32.2. The fraction of sp³-hybridized carbons (Fsp3) is 0.700. The van der Waals surface area contributed by atoms with E-state index in [9.17, 15) is 19.5 Å². The molecule has 1 aromatic heterocycles. The average molecular weight is 713 g/mol. The van der Waals surface area contributed by atoms with Gasteiger partial charge in [-0.3, -0.25) is 19.4 Å². The first-order valence-electron chi connectivity index (χ1n) is 18.4. The minimum Gasteiger partial charge on any atom is -0.459 e. The summed E-state index contributed by atoms with van der Waals surface area (Å²) < 4.78 is 32.0. The lowest BCUT2D eigenvalue weighted by atomic mass is 9.69. The van der Waals surface area contributed by atoms with Crippen molar-refractivity contribution in [1.82, 2.24) is 9.88 Å². The predicted octanol–water partition coefficient (Wildman–Crippen LogP) is 5.05. The van der Waals surface area contributed by atoms with E-state index in [1.807, 2.05) is 84.8 Å². The number of ketones is 2. The molecule has 3 aliphatic heterocycles. The van der Waals surface area contributed by atoms with Gasteiger partial charge in [0.25, 0.3) is 0 Å². The first-order valence-corrected chi connectivity index (χ1v) is 18.4. The molecule has 0 saturated carbocycles. The summed E-state index contributed by atoms with van der Waals surface area (Å²) in [7, 11) is 3.78. The number of fused-ring (bicyclic) bond motifs is 1. The number of aliphatic hydroxyl groups excluding tert-OH is 1. The molecule has 0 amide bonds. The van der Waals surface area contributed by atoms with Gasteiger partial charge in [-0.25, -0.2) is 0 Å². The number of pyridine rings is 1. The highest BCUT2D eigenvalue weighted by Crippen LogP contribution is 2.46. The van der Waals surface area contributed by atoms with E-state index in [-0.39, 0.29) is 37.6 Å². The van der Waals surface area contributed by atoms with Crippen LogP contribution in [0, 0.1) is 29.6 Å². The number of esters is 1. The van der Waals surface area contributed by atoms with Gasteiger partial charge in [-0.1, -0.05) is 52.5 Å². The Hall–Kier alpha value is -2.80. The van der Waals surface area contributed by atoms with Gasteiger partial charge in [-0.15, -0.1) is 0 Å². The van der Waals surface area contributed by atoms with Crippen molar-refractivity contribution in [3.05, 3.63) is 48.3 Å². The van der Waals surface area contributed by atoms with E-state index in [1.165, 1.54) is 0 Å². The molecule has 13 atom stereocenters. The number of Topliss-reactive ketones (excluding diaryl/α,β-unsaturated/α-hetero) is 2. The summed E-state index contributed by atoms with van der Waals surface area (Å²) in [5.41, 5.74) is -0.634. The Kier molecular flexibility index (Phi) is 13.6. The van der Waals surface area contributed by atoms with E-state index in [4.69, 9.17) is 23.7 Å². The number of nitrogens with zero attached hydrogens (tertiary/aromatic N) is 2. The largest absolute Gasteiger partial charge is 0.459 e. The van der Waals surface area contributed by atoms with Crippen LogP contribution in [0.1, 0.15) is 80.2 Å². The van der Waals surface area contributed by atoms with Gasteiger partial charge in [0.15, 0.2) is 12.1 Å². The Bertz CT molecular complexity index is 1420. The van der Waals surface area contributed by atoms with Crippen molar-refractivity contribution < 1.29 is 43.2 Å². The van der Waals surface area contributed by atoms with E-state index >= 15 is 0 Å². The summed E-state index contributed by atoms with van der Waals surface area (Å²) in [6, 6.07) is 3.49. The summed E-state index contributed by atoms with van der Waals surface area (Å²) in [5.74, 6) is -4.69. The first kappa shape index (κ1) is 41.0. The van der Waals surface area contributed by atoms with Crippen molar-refractivity contribution >= 4 is 23.6 Å². The normalized spacial score (nSPS) is 40.4. The topological polar surface area (TPSA) is 134 Å². The van der Waals surface area contributed by atoms with E-state index in [1.54, 1.807) is 26.2 Å². The molecule has 3 saturated heterocycles. The highest BCUT2D eigenvalue weighted by molar-refractivity contribution is 6.00. The number of carbonyl (C=O) groups is 3. The number of rotatable bonds is 8. The molecular formula is C40H60N2O9. The zero-order valence-corrected chi connectivity index (χ0v) is 32.2. The van der Waals surface area contributed by atoms with Crippen LogP contribution in [-0.4, -0.2) is 108 Å². The van der Waals surface area contributed by atoms with E-state index in [0.29, 0.717) is 12.8 Å². The zero-order chi connectivity index (χ0) is 37.8. The Balaban J connectivity index is 1.81. The van der Waals surface area contributed by atoms with Gasteiger partial charge in [0.05, 0.1) is 31.0 Å². The maximum Gasteiger partial charge on any atom is 0.316 e. The molecule has 284 valence electrons. The molecule has 3 fully saturated rings. The third-order valence-electron chi connectivity index (χ3n) is 11.4. The maximum atomic E-state index is 14.5. The number of hydrogen-bond donors (Lipinski definition) is 1. The number of hydrogen-bond acceptors (Lipinski definition) is 11. The van der Waals surface area contributed by atoms with Crippen LogP contribution in [0.25, 0.3) is 6.08 Å². The summed E-state index contributed by atoms with van der Waals surface area (Å²) in [6.07, 6.45) is 4.20. The van der Waals surface area contributed by atoms with Gasteiger partial charge in [-0.05, 0) is 78.3 Å². The van der Waals surface area contributed by atoms with Crippen LogP contribution in [0.5, 0.6) is 0 Å². The molecule has 11 heteroatoms. The highest BCUT2D eigenvalue weighted by Gasteiger charge is 2.55. The van der Waals surface area contributed by atoms with E-state index in [2.05, 4.69) is 11.6 Å². The van der Waals surface area contributed by atoms with Crippen LogP contribution >= 0.6 is 0 Å². The minimum absolute atomic E-state index is 0.0295. The highest BCUT2D eigenvalue weighted by atomic mass is 16.7. The summed E-state index contributed by atoms with van der Waals surface area (Å²) in [5, 5.41) is 11.5. The third kappa shape index (κ3) is 8.88. The monoisotopic (exact) mass is 712 g/mol. The predicted molar refractivity (Wildman–Crippen MR) is 193 cm³/mol. The Morgan fingerprint density at radius 2 is 1.80 bits per heavy atom. The van der Waals surface area contributed by atoms with Crippen LogP contribution in [-0.2, 0) is 38.1 Å². The number of aliphatic hydroxyl groups is 1. The number of aromatic nitrogens is 1. The second kappa shape index (κ2) is 16.9. The van der Waals surface area contributed by atoms with E-state index < -0.39 is 77.1 Å². The molecule has 0 aliphatic carbocycles. The standard InChI is InChI=1S/C40H60N2O9/c1-12-31-40(9)32(24(3)22-48-40)26(5)33(43)23(2)20-39(8,47-18-14-16-29-15-13-17-41-21-29)36(27(6)34(44)28(7)37(46)50-31)51-38-35(45)30(42(10)11)19-25(4)49-38/h13-17,21,23,25-28,30-32,35-36,38,45H,3,12,18-20,22H2,1-2,4-11H3/b16-14-/t23-,25-,26?,27+,28?,30+,31-,32+,35-,36-,38+,39-,40-/m1/s1. The molecule has 51 heavy (non-hydrogen) atoms. The van der Waals surface area contributed by atoms with Crippen LogP contribution in [0.3, 0.4) is 0 Å². The van der Waals surface area contributed by atoms with Crippen molar-refractivity contribution in [3.8, 4) is 0 Å². The van der Waals surface area contributed by atoms with Crippen molar-refractivity contribution in [1.29, 1.82) is 0 Å². The van der Waals surface area contributed by atoms with Gasteiger partial charge in [0, 0.05) is 42.1 Å². The van der Waals surface area contributed by atoms with Crippen LogP contribution < -0.4 is 0 Å². The first-order chi connectivity index (χ1) is 23.9. The molecule has 1 aromatic rings. The van der Waals surface area contributed by atoms with Gasteiger partial charge in [0.1, 0.15) is 29.5 Å². The molecule has 11 nitrogen and oxygen atoms in total. The lowest BCUT2D eigenvalue weighted by Gasteiger charge is -2.47. The van der Waals surface area contributed by atoms with Crippen LogP contribution in [0.4, 0.5) is 0 Å².